The molecular formula is C14H11N3O. The van der Waals surface area contributed by atoms with Crippen LogP contribution in [-0.2, 0) is 0 Å². The van der Waals surface area contributed by atoms with E-state index >= 15 is 0 Å². The van der Waals surface area contributed by atoms with Crippen molar-refractivity contribution in [3.8, 4) is 11.5 Å². The largest absolute Gasteiger partial charge is 0.455 e. The molecule has 4 nitrogen and oxygen atoms in total. The summed E-state index contributed by atoms with van der Waals surface area (Å²) in [4.78, 5) is 8.25. The highest BCUT2D eigenvalue weighted by atomic mass is 16.5. The number of ether oxygens (including phenoxy) is 1. The first-order chi connectivity index (χ1) is 8.83. The topological polar surface area (TPSA) is 61.0 Å². The van der Waals surface area contributed by atoms with Crippen molar-refractivity contribution >= 4 is 16.7 Å². The van der Waals surface area contributed by atoms with Gasteiger partial charge >= 0.3 is 0 Å². The van der Waals surface area contributed by atoms with Crippen LogP contribution in [0.2, 0.25) is 0 Å². The van der Waals surface area contributed by atoms with E-state index in [4.69, 9.17) is 10.5 Å². The number of rotatable bonds is 2. The van der Waals surface area contributed by atoms with Crippen LogP contribution in [0.25, 0.3) is 10.9 Å². The number of para-hydroxylation sites is 1. The number of anilines is 1. The number of fused-ring (bicyclic) bond motifs is 1. The number of hydrogen-bond acceptors (Lipinski definition) is 4. The van der Waals surface area contributed by atoms with Gasteiger partial charge in [-0.05, 0) is 18.2 Å². The molecule has 0 fully saturated rings. The average molecular weight is 237 g/mol. The molecule has 18 heavy (non-hydrogen) atoms. The maximum atomic E-state index is 5.79. The number of nitrogens with zero attached hydrogens (tertiary/aromatic N) is 2. The highest BCUT2D eigenvalue weighted by Crippen LogP contribution is 2.28. The molecule has 2 heterocycles. The zero-order chi connectivity index (χ0) is 12.4. The Bertz CT molecular complexity index is 692. The second-order valence-electron chi connectivity index (χ2n) is 3.85. The molecule has 0 spiro atoms. The van der Waals surface area contributed by atoms with E-state index in [1.54, 1.807) is 24.5 Å². The number of nitrogen functional groups attached to an aromatic ring is 1. The van der Waals surface area contributed by atoms with Crippen molar-refractivity contribution in [1.82, 2.24) is 9.97 Å². The molecule has 2 aromatic heterocycles. The highest BCUT2D eigenvalue weighted by molar-refractivity contribution is 5.84. The van der Waals surface area contributed by atoms with Crippen LogP contribution in [0.5, 0.6) is 11.5 Å². The predicted molar refractivity (Wildman–Crippen MR) is 70.5 cm³/mol. The summed E-state index contributed by atoms with van der Waals surface area (Å²) in [5.74, 6) is 1.79. The van der Waals surface area contributed by atoms with Crippen LogP contribution in [0.4, 0.5) is 5.82 Å². The standard InChI is InChI=1S/C14H11N3O/c15-13-9-11(6-8-16-13)18-12-5-1-3-10-4-2-7-17-14(10)12/h1-9H,(H2,15,16). The molecule has 0 saturated heterocycles. The van der Waals surface area contributed by atoms with Crippen LogP contribution in [0.3, 0.4) is 0 Å². The third-order valence-electron chi connectivity index (χ3n) is 2.58. The molecule has 3 rings (SSSR count). The number of hydrogen-bond donors (Lipinski definition) is 1. The second kappa shape index (κ2) is 4.33. The maximum Gasteiger partial charge on any atom is 0.153 e. The first-order valence-corrected chi connectivity index (χ1v) is 5.56. The molecule has 0 aliphatic heterocycles. The molecule has 0 bridgehead atoms. The van der Waals surface area contributed by atoms with Crippen LogP contribution >= 0.6 is 0 Å². The van der Waals surface area contributed by atoms with E-state index in [1.807, 2.05) is 30.3 Å². The summed E-state index contributed by atoms with van der Waals surface area (Å²) in [5, 5.41) is 1.04. The zero-order valence-corrected chi connectivity index (χ0v) is 9.58. The fourth-order valence-corrected chi connectivity index (χ4v) is 1.78. The van der Waals surface area contributed by atoms with Crippen molar-refractivity contribution in [2.75, 3.05) is 5.73 Å². The summed E-state index contributed by atoms with van der Waals surface area (Å²) < 4.78 is 5.79. The normalized spacial score (nSPS) is 10.4. The van der Waals surface area contributed by atoms with Crippen molar-refractivity contribution in [3.05, 3.63) is 54.9 Å². The summed E-state index contributed by atoms with van der Waals surface area (Å²) in [6.07, 6.45) is 3.36. The molecular weight excluding hydrogens is 226 g/mol. The second-order valence-corrected chi connectivity index (χ2v) is 3.85. The molecule has 0 atom stereocenters. The van der Waals surface area contributed by atoms with E-state index in [1.165, 1.54) is 0 Å². The van der Waals surface area contributed by atoms with Gasteiger partial charge in [0, 0.05) is 23.8 Å². The van der Waals surface area contributed by atoms with Crippen LogP contribution in [-0.4, -0.2) is 9.97 Å². The van der Waals surface area contributed by atoms with Gasteiger partial charge in [-0.2, -0.15) is 0 Å². The molecule has 0 radical (unpaired) electrons. The fraction of sp³-hybridized carbons (Fsp3) is 0. The van der Waals surface area contributed by atoms with Crippen LogP contribution in [0, 0.1) is 0 Å². The van der Waals surface area contributed by atoms with Gasteiger partial charge in [0.05, 0.1) is 0 Å². The Morgan fingerprint density at radius 3 is 2.72 bits per heavy atom. The molecule has 0 aliphatic rings. The summed E-state index contributed by atoms with van der Waals surface area (Å²) in [6.45, 7) is 0. The molecule has 0 amide bonds. The van der Waals surface area contributed by atoms with Crippen molar-refractivity contribution in [2.45, 2.75) is 0 Å². The summed E-state index contributed by atoms with van der Waals surface area (Å²) in [5.41, 5.74) is 6.45. The van der Waals surface area contributed by atoms with Crippen molar-refractivity contribution < 1.29 is 4.74 Å². The lowest BCUT2D eigenvalue weighted by Crippen LogP contribution is -1.91. The molecule has 1 aromatic carbocycles. The van der Waals surface area contributed by atoms with Crippen LogP contribution in [0.1, 0.15) is 0 Å². The summed E-state index contributed by atoms with van der Waals surface area (Å²) in [7, 11) is 0. The minimum absolute atomic E-state index is 0.431. The number of aromatic nitrogens is 2. The van der Waals surface area contributed by atoms with Crippen LogP contribution < -0.4 is 10.5 Å². The first kappa shape index (κ1) is 10.5. The fourth-order valence-electron chi connectivity index (χ4n) is 1.78. The van der Waals surface area contributed by atoms with Crippen LogP contribution in [0.15, 0.2) is 54.9 Å². The van der Waals surface area contributed by atoms with Gasteiger partial charge in [-0.1, -0.05) is 18.2 Å². The highest BCUT2D eigenvalue weighted by Gasteiger charge is 2.04. The molecule has 4 heteroatoms. The first-order valence-electron chi connectivity index (χ1n) is 5.56. The van der Waals surface area contributed by atoms with Crippen molar-refractivity contribution in [3.63, 3.8) is 0 Å². The van der Waals surface area contributed by atoms with Gasteiger partial charge in [0.15, 0.2) is 5.75 Å². The molecule has 88 valence electrons. The SMILES string of the molecule is Nc1cc(Oc2cccc3cccnc23)ccn1. The Morgan fingerprint density at radius 2 is 1.83 bits per heavy atom. The lowest BCUT2D eigenvalue weighted by molar-refractivity contribution is 0.487. The third kappa shape index (κ3) is 1.96. The quantitative estimate of drug-likeness (QED) is 0.744. The van der Waals surface area contributed by atoms with Gasteiger partial charge in [0.1, 0.15) is 17.1 Å². The smallest absolute Gasteiger partial charge is 0.153 e. The molecule has 3 aromatic rings. The van der Waals surface area contributed by atoms with Gasteiger partial charge in [0.25, 0.3) is 0 Å². The van der Waals surface area contributed by atoms with E-state index in [2.05, 4.69) is 9.97 Å². The molecule has 0 unspecified atom stereocenters. The van der Waals surface area contributed by atoms with Gasteiger partial charge < -0.3 is 10.5 Å². The molecule has 2 N–H and O–H groups in total. The Morgan fingerprint density at radius 1 is 0.944 bits per heavy atom. The third-order valence-corrected chi connectivity index (χ3v) is 2.58. The van der Waals surface area contributed by atoms with Gasteiger partial charge in [-0.3, -0.25) is 4.98 Å². The Balaban J connectivity index is 2.05. The van der Waals surface area contributed by atoms with Gasteiger partial charge in [-0.25, -0.2) is 4.98 Å². The lowest BCUT2D eigenvalue weighted by Gasteiger charge is -2.08. The molecule has 0 saturated carbocycles. The van der Waals surface area contributed by atoms with E-state index in [0.29, 0.717) is 17.3 Å². The minimum atomic E-state index is 0.431. The van der Waals surface area contributed by atoms with E-state index in [0.717, 1.165) is 10.9 Å². The van der Waals surface area contributed by atoms with Gasteiger partial charge in [0.2, 0.25) is 0 Å². The Labute approximate surface area is 104 Å². The Hall–Kier alpha value is -2.62. The Kier molecular flexibility index (Phi) is 2.53. The van der Waals surface area contributed by atoms with E-state index in [9.17, 15) is 0 Å². The maximum absolute atomic E-state index is 5.79. The minimum Gasteiger partial charge on any atom is -0.455 e. The van der Waals surface area contributed by atoms with Crippen molar-refractivity contribution in [1.29, 1.82) is 0 Å². The lowest BCUT2D eigenvalue weighted by atomic mass is 10.2. The number of benzene rings is 1. The number of nitrogens with two attached hydrogens (primary N) is 1. The van der Waals surface area contributed by atoms with Gasteiger partial charge in [-0.15, -0.1) is 0 Å². The predicted octanol–water partition coefficient (Wildman–Crippen LogP) is 3.00. The zero-order valence-electron chi connectivity index (χ0n) is 9.58. The monoisotopic (exact) mass is 237 g/mol. The van der Waals surface area contributed by atoms with E-state index in [-0.39, 0.29) is 0 Å². The number of pyridine rings is 2. The average Bonchev–Trinajstić information content (AvgIpc) is 2.39. The summed E-state index contributed by atoms with van der Waals surface area (Å²) >= 11 is 0. The van der Waals surface area contributed by atoms with E-state index < -0.39 is 0 Å². The summed E-state index contributed by atoms with van der Waals surface area (Å²) in [6, 6.07) is 13.2. The molecule has 0 aliphatic carbocycles. The van der Waals surface area contributed by atoms with Crippen molar-refractivity contribution in [2.24, 2.45) is 0 Å².